The Morgan fingerprint density at radius 3 is 2.67 bits per heavy atom. The maximum atomic E-state index is 13.5. The molecule has 1 fully saturated rings. The van der Waals surface area contributed by atoms with Gasteiger partial charge in [0.1, 0.15) is 5.58 Å². The lowest BCUT2D eigenvalue weighted by atomic mass is 9.98. The molecule has 0 bridgehead atoms. The molecule has 0 N–H and O–H groups in total. The fourth-order valence-electron chi connectivity index (χ4n) is 4.32. The maximum absolute atomic E-state index is 13.5. The first-order chi connectivity index (χ1) is 14.6. The lowest BCUT2D eigenvalue weighted by Crippen LogP contribution is -2.36. The predicted molar refractivity (Wildman–Crippen MR) is 118 cm³/mol. The van der Waals surface area contributed by atoms with Crippen LogP contribution in [0.3, 0.4) is 0 Å². The zero-order valence-electron chi connectivity index (χ0n) is 16.4. The topological polar surface area (TPSA) is 59.8 Å². The van der Waals surface area contributed by atoms with E-state index in [-0.39, 0.29) is 23.2 Å². The summed E-state index contributed by atoms with van der Waals surface area (Å²) in [7, 11) is 0. The zero-order valence-corrected chi connectivity index (χ0v) is 18.0. The van der Waals surface area contributed by atoms with Crippen molar-refractivity contribution in [1.29, 1.82) is 0 Å². The molecule has 1 aromatic heterocycles. The van der Waals surface area contributed by atoms with Crippen LogP contribution in [0.4, 0.5) is 0 Å². The van der Waals surface area contributed by atoms with E-state index in [1.54, 1.807) is 34.9 Å². The number of carbonyl (C=O) groups excluding carboxylic acids is 1. The van der Waals surface area contributed by atoms with Crippen LogP contribution < -0.4 is 5.43 Å². The van der Waals surface area contributed by atoms with Crippen LogP contribution >= 0.6 is 23.4 Å². The highest BCUT2D eigenvalue weighted by atomic mass is 35.5. The molecule has 2 aliphatic rings. The number of halogens is 1. The van der Waals surface area contributed by atoms with Gasteiger partial charge in [-0.3, -0.25) is 9.59 Å². The monoisotopic (exact) mass is 441 g/mol. The van der Waals surface area contributed by atoms with E-state index in [9.17, 15) is 9.59 Å². The Hall–Kier alpha value is -2.28. The average Bonchev–Trinajstić information content (AvgIpc) is 3.37. The first kappa shape index (κ1) is 19.7. The molecule has 7 heteroatoms. The van der Waals surface area contributed by atoms with Gasteiger partial charge >= 0.3 is 0 Å². The van der Waals surface area contributed by atoms with Gasteiger partial charge in [0.15, 0.2) is 5.43 Å². The maximum Gasteiger partial charge on any atom is 0.291 e. The second-order valence-corrected chi connectivity index (χ2v) is 8.90. The van der Waals surface area contributed by atoms with Crippen molar-refractivity contribution >= 4 is 40.2 Å². The standard InChI is InChI=1S/C23H20ClNO4S/c1-30-16-7-4-13(5-8-16)20-19-21(26)17-11-14(24)6-9-18(17)29-22(19)23(27)25(20)12-15-3-2-10-28-15/h4-9,11,15,20H,2-3,10,12H2,1H3/t15-,20-/m1/s1. The largest absolute Gasteiger partial charge is 0.450 e. The van der Waals surface area contributed by atoms with Crippen molar-refractivity contribution in [2.24, 2.45) is 0 Å². The summed E-state index contributed by atoms with van der Waals surface area (Å²) in [5.74, 6) is -0.153. The number of hydrogen-bond donors (Lipinski definition) is 0. The lowest BCUT2D eigenvalue weighted by molar-refractivity contribution is 0.0486. The number of fused-ring (bicyclic) bond motifs is 2. The van der Waals surface area contributed by atoms with Gasteiger partial charge in [-0.25, -0.2) is 0 Å². The van der Waals surface area contributed by atoms with Crippen LogP contribution in [0.25, 0.3) is 11.0 Å². The summed E-state index contributed by atoms with van der Waals surface area (Å²) in [6.07, 6.45) is 3.86. The third-order valence-electron chi connectivity index (χ3n) is 5.78. The van der Waals surface area contributed by atoms with E-state index in [0.29, 0.717) is 34.7 Å². The number of nitrogens with zero attached hydrogens (tertiary/aromatic N) is 1. The van der Waals surface area contributed by atoms with Gasteiger partial charge in [-0.05, 0) is 55.0 Å². The van der Waals surface area contributed by atoms with Crippen LogP contribution in [0.2, 0.25) is 5.02 Å². The number of benzene rings is 2. The van der Waals surface area contributed by atoms with Gasteiger partial charge in [0.05, 0.1) is 23.1 Å². The molecule has 3 heterocycles. The Labute approximate surface area is 183 Å². The summed E-state index contributed by atoms with van der Waals surface area (Å²) in [6, 6.07) is 12.3. The smallest absolute Gasteiger partial charge is 0.291 e. The lowest BCUT2D eigenvalue weighted by Gasteiger charge is -2.27. The van der Waals surface area contributed by atoms with Crippen molar-refractivity contribution in [3.8, 4) is 0 Å². The zero-order chi connectivity index (χ0) is 20.8. The molecule has 2 aliphatic heterocycles. The molecule has 2 atom stereocenters. The second kappa shape index (κ2) is 7.76. The van der Waals surface area contributed by atoms with Crippen molar-refractivity contribution in [3.05, 3.63) is 74.6 Å². The van der Waals surface area contributed by atoms with Gasteiger partial charge < -0.3 is 14.1 Å². The highest BCUT2D eigenvalue weighted by Gasteiger charge is 2.43. The van der Waals surface area contributed by atoms with E-state index in [0.717, 1.165) is 23.3 Å². The Morgan fingerprint density at radius 1 is 1.17 bits per heavy atom. The Kier molecular flexibility index (Phi) is 5.09. The van der Waals surface area contributed by atoms with Gasteiger partial charge in [-0.15, -0.1) is 11.8 Å². The molecule has 3 aromatic rings. The molecule has 30 heavy (non-hydrogen) atoms. The second-order valence-electron chi connectivity index (χ2n) is 7.58. The van der Waals surface area contributed by atoms with E-state index in [2.05, 4.69) is 0 Å². The van der Waals surface area contributed by atoms with Crippen LogP contribution in [0, 0.1) is 0 Å². The molecule has 1 saturated heterocycles. The van der Waals surface area contributed by atoms with Gasteiger partial charge in [-0.1, -0.05) is 23.7 Å². The first-order valence-corrected chi connectivity index (χ1v) is 11.5. The van der Waals surface area contributed by atoms with Crippen molar-refractivity contribution in [2.45, 2.75) is 29.9 Å². The number of ether oxygens (including phenoxy) is 1. The summed E-state index contributed by atoms with van der Waals surface area (Å²) >= 11 is 7.77. The highest BCUT2D eigenvalue weighted by Crippen LogP contribution is 2.39. The summed E-state index contributed by atoms with van der Waals surface area (Å²) in [5, 5.41) is 0.843. The quantitative estimate of drug-likeness (QED) is 0.539. The summed E-state index contributed by atoms with van der Waals surface area (Å²) in [6.45, 7) is 1.13. The SMILES string of the molecule is CSc1ccc([C@@H]2c3c(oc4ccc(Cl)cc4c3=O)C(=O)N2C[C@H]2CCCO2)cc1. The van der Waals surface area contributed by atoms with Crippen LogP contribution in [-0.2, 0) is 4.74 Å². The molecule has 2 aromatic carbocycles. The molecule has 0 saturated carbocycles. The molecule has 0 spiro atoms. The molecule has 0 unspecified atom stereocenters. The van der Waals surface area contributed by atoms with Gasteiger partial charge in [0.25, 0.3) is 5.91 Å². The minimum absolute atomic E-state index is 0.0322. The molecule has 0 aliphatic carbocycles. The number of carbonyl (C=O) groups is 1. The Bertz CT molecular complexity index is 1180. The average molecular weight is 442 g/mol. The summed E-state index contributed by atoms with van der Waals surface area (Å²) in [4.78, 5) is 29.7. The van der Waals surface area contributed by atoms with Crippen molar-refractivity contribution in [3.63, 3.8) is 0 Å². The molecule has 1 amide bonds. The highest BCUT2D eigenvalue weighted by molar-refractivity contribution is 7.98. The number of rotatable bonds is 4. The van der Waals surface area contributed by atoms with E-state index in [1.807, 2.05) is 30.5 Å². The number of thioether (sulfide) groups is 1. The fourth-order valence-corrected chi connectivity index (χ4v) is 4.90. The first-order valence-electron chi connectivity index (χ1n) is 9.89. The number of hydrogen-bond acceptors (Lipinski definition) is 5. The van der Waals surface area contributed by atoms with Gasteiger partial charge in [-0.2, -0.15) is 0 Å². The van der Waals surface area contributed by atoms with Crippen molar-refractivity contribution in [2.75, 3.05) is 19.4 Å². The molecular formula is C23H20ClNO4S. The van der Waals surface area contributed by atoms with Crippen LogP contribution in [0.5, 0.6) is 0 Å². The van der Waals surface area contributed by atoms with Crippen molar-refractivity contribution in [1.82, 2.24) is 4.90 Å². The third-order valence-corrected chi connectivity index (χ3v) is 6.76. The van der Waals surface area contributed by atoms with E-state index >= 15 is 0 Å². The van der Waals surface area contributed by atoms with E-state index in [1.165, 1.54) is 0 Å². The van der Waals surface area contributed by atoms with Gasteiger partial charge in [0, 0.05) is 23.1 Å². The molecule has 0 radical (unpaired) electrons. The normalized spacial score (nSPS) is 20.9. The van der Waals surface area contributed by atoms with Crippen LogP contribution in [-0.4, -0.2) is 36.3 Å². The van der Waals surface area contributed by atoms with E-state index < -0.39 is 6.04 Å². The molecule has 154 valence electrons. The number of amides is 1. The van der Waals surface area contributed by atoms with E-state index in [4.69, 9.17) is 20.8 Å². The minimum Gasteiger partial charge on any atom is -0.450 e. The molecule has 5 nitrogen and oxygen atoms in total. The molecule has 5 rings (SSSR count). The van der Waals surface area contributed by atoms with Crippen molar-refractivity contribution < 1.29 is 13.9 Å². The minimum atomic E-state index is -0.507. The Balaban J connectivity index is 1.69. The van der Waals surface area contributed by atoms with Crippen LogP contribution in [0.1, 0.15) is 40.6 Å². The summed E-state index contributed by atoms with van der Waals surface area (Å²) in [5.41, 5.74) is 1.42. The predicted octanol–water partition coefficient (Wildman–Crippen LogP) is 4.89. The van der Waals surface area contributed by atoms with Gasteiger partial charge in [0.2, 0.25) is 5.76 Å². The molecular weight excluding hydrogens is 422 g/mol. The third kappa shape index (κ3) is 3.23. The van der Waals surface area contributed by atoms with Crippen LogP contribution in [0.15, 0.2) is 56.6 Å². The summed E-state index contributed by atoms with van der Waals surface area (Å²) < 4.78 is 11.7. The fraction of sp³-hybridized carbons (Fsp3) is 0.304. The Morgan fingerprint density at radius 2 is 1.97 bits per heavy atom.